The van der Waals surface area contributed by atoms with Gasteiger partial charge in [0.2, 0.25) is 5.91 Å². The number of hydrogen-bond acceptors (Lipinski definition) is 6. The van der Waals surface area contributed by atoms with Crippen LogP contribution in [-0.2, 0) is 20.9 Å². The van der Waals surface area contributed by atoms with Crippen molar-refractivity contribution in [2.24, 2.45) is 4.99 Å². The Kier molecular flexibility index (Phi) is 9.37. The van der Waals surface area contributed by atoms with Gasteiger partial charge in [-0.15, -0.1) is 0 Å². The Bertz CT molecular complexity index is 1220. The number of carbonyl (C=O) groups excluding carboxylic acids is 2. The van der Waals surface area contributed by atoms with E-state index in [4.69, 9.17) is 32.7 Å². The summed E-state index contributed by atoms with van der Waals surface area (Å²) in [5.41, 5.74) is 0.672. The number of ether oxygens (including phenoxy) is 2. The topological polar surface area (TPSA) is 85.2 Å². The van der Waals surface area contributed by atoms with E-state index < -0.39 is 17.7 Å². The first kappa shape index (κ1) is 26.8. The van der Waals surface area contributed by atoms with E-state index in [-0.39, 0.29) is 56.7 Å². The highest BCUT2D eigenvalue weighted by atomic mass is 35.5. The minimum atomic E-state index is -0.781. The average molecular weight is 538 g/mol. The number of thioether (sulfide) groups is 1. The van der Waals surface area contributed by atoms with E-state index in [2.05, 4.69) is 4.99 Å². The first-order chi connectivity index (χ1) is 16.7. The fourth-order valence-corrected chi connectivity index (χ4v) is 4.74. The molecule has 10 heteroatoms. The molecule has 6 nitrogen and oxygen atoms in total. The van der Waals surface area contributed by atoms with E-state index >= 15 is 0 Å². The molecule has 0 saturated carbocycles. The van der Waals surface area contributed by atoms with Gasteiger partial charge in [0.25, 0.3) is 0 Å². The molecule has 0 bridgehead atoms. The predicted octanol–water partition coefficient (Wildman–Crippen LogP) is 6.90. The van der Waals surface area contributed by atoms with Crippen LogP contribution in [0.25, 0.3) is 6.08 Å². The van der Waals surface area contributed by atoms with Gasteiger partial charge in [0.15, 0.2) is 5.75 Å². The highest BCUT2D eigenvalue weighted by Gasteiger charge is 2.33. The lowest BCUT2D eigenvalue weighted by atomic mass is 10.1. The Balaban J connectivity index is 1.90. The molecule has 1 amide bonds. The monoisotopic (exact) mass is 537 g/mol. The Morgan fingerprint density at radius 3 is 2.49 bits per heavy atom. The second-order valence-electron chi connectivity index (χ2n) is 7.31. The zero-order chi connectivity index (χ0) is 25.5. The summed E-state index contributed by atoms with van der Waals surface area (Å²) in [4.78, 5) is 28.7. The third-order valence-electron chi connectivity index (χ3n) is 4.71. The van der Waals surface area contributed by atoms with E-state index in [1.807, 2.05) is 6.92 Å². The summed E-state index contributed by atoms with van der Waals surface area (Å²) < 4.78 is 24.5. The van der Waals surface area contributed by atoms with E-state index in [9.17, 15) is 19.1 Å². The van der Waals surface area contributed by atoms with Gasteiger partial charge in [-0.3, -0.25) is 4.79 Å². The quantitative estimate of drug-likeness (QED) is 0.368. The van der Waals surface area contributed by atoms with Gasteiger partial charge in [0.05, 0.1) is 21.6 Å². The molecule has 0 unspecified atom stereocenters. The van der Waals surface area contributed by atoms with Gasteiger partial charge in [-0.1, -0.05) is 60.1 Å². The molecular weight excluding hydrogens is 516 g/mol. The van der Waals surface area contributed by atoms with Crippen molar-refractivity contribution in [3.05, 3.63) is 79.6 Å². The van der Waals surface area contributed by atoms with Crippen LogP contribution in [0.2, 0.25) is 10.0 Å². The first-order valence-corrected chi connectivity index (χ1v) is 12.3. The molecule has 1 aliphatic heterocycles. The lowest BCUT2D eigenvalue weighted by Crippen LogP contribution is -2.14. The number of halogens is 3. The Hall–Kier alpha value is -2.81. The van der Waals surface area contributed by atoms with Gasteiger partial charge in [-0.2, -0.15) is 0 Å². The van der Waals surface area contributed by atoms with Crippen molar-refractivity contribution in [2.75, 3.05) is 6.61 Å². The molecule has 0 atom stereocenters. The molecule has 0 fully saturated rings. The summed E-state index contributed by atoms with van der Waals surface area (Å²) in [5.74, 6) is -1.78. The van der Waals surface area contributed by atoms with E-state index in [0.29, 0.717) is 17.5 Å². The smallest absolute Gasteiger partial charge is 0.344 e. The third-order valence-corrected chi connectivity index (χ3v) is 6.29. The van der Waals surface area contributed by atoms with Crippen molar-refractivity contribution in [2.45, 2.75) is 33.3 Å². The lowest BCUT2D eigenvalue weighted by molar-refractivity contribution is -0.138. The van der Waals surface area contributed by atoms with Crippen molar-refractivity contribution in [1.29, 1.82) is 0 Å². The minimum absolute atomic E-state index is 0.0627. The Morgan fingerprint density at radius 2 is 1.86 bits per heavy atom. The molecule has 1 aliphatic rings. The zero-order valence-corrected chi connectivity index (χ0v) is 21.3. The number of carbonyl (C=O) groups is 2. The van der Waals surface area contributed by atoms with Crippen LogP contribution < -0.4 is 4.74 Å². The summed E-state index contributed by atoms with van der Waals surface area (Å²) in [7, 11) is 0. The fourth-order valence-electron chi connectivity index (χ4n) is 3.09. The van der Waals surface area contributed by atoms with Crippen LogP contribution in [0.1, 0.15) is 37.8 Å². The fraction of sp³-hybridized carbons (Fsp3) is 0.240. The number of aliphatic hydroxyl groups excluding tert-OH is 1. The van der Waals surface area contributed by atoms with Gasteiger partial charge in [0, 0.05) is 12.0 Å². The third kappa shape index (κ3) is 6.66. The molecule has 0 aliphatic carbocycles. The van der Waals surface area contributed by atoms with Crippen LogP contribution in [0.5, 0.6) is 5.75 Å². The number of nitrogens with zero attached hydrogens (tertiary/aromatic N) is 1. The molecule has 0 spiro atoms. The van der Waals surface area contributed by atoms with Crippen LogP contribution >= 0.6 is 35.0 Å². The predicted molar refractivity (Wildman–Crippen MR) is 136 cm³/mol. The van der Waals surface area contributed by atoms with Crippen LogP contribution in [0.3, 0.4) is 0 Å². The molecular formula is C25H22Cl2FNO5S. The van der Waals surface area contributed by atoms with E-state index in [1.165, 1.54) is 6.07 Å². The standard InChI is InChI=1S/C25H22Cl2FNO5S/c1-3-7-20(30)29-24-21(25(32)33-4-2)22(31)19(35-24)12-14-10-16(26)23(17(27)11-14)34-13-15-8-5-6-9-18(15)28/h5-6,8-12,31H,3-4,7,13H2,1-2H3/b19-12-,29-24?. The number of aliphatic imine (C=N–C) groups is 1. The zero-order valence-electron chi connectivity index (χ0n) is 18.9. The molecule has 1 N–H and O–H groups in total. The Morgan fingerprint density at radius 1 is 1.17 bits per heavy atom. The maximum absolute atomic E-state index is 13.9. The van der Waals surface area contributed by atoms with Crippen LogP contribution in [-0.4, -0.2) is 28.6 Å². The maximum Gasteiger partial charge on any atom is 0.344 e. The molecule has 184 valence electrons. The van der Waals surface area contributed by atoms with Crippen LogP contribution in [0.15, 0.2) is 57.6 Å². The Labute approximate surface area is 216 Å². The van der Waals surface area contributed by atoms with Crippen molar-refractivity contribution >= 4 is 58.0 Å². The minimum Gasteiger partial charge on any atom is -0.506 e. The number of esters is 1. The average Bonchev–Trinajstić information content (AvgIpc) is 3.09. The van der Waals surface area contributed by atoms with Gasteiger partial charge in [-0.25, -0.2) is 14.2 Å². The molecule has 0 aromatic heterocycles. The summed E-state index contributed by atoms with van der Waals surface area (Å²) in [6.07, 6.45) is 2.35. The number of benzene rings is 2. The first-order valence-electron chi connectivity index (χ1n) is 10.7. The second kappa shape index (κ2) is 12.2. The van der Waals surface area contributed by atoms with E-state index in [0.717, 1.165) is 11.8 Å². The van der Waals surface area contributed by atoms with Crippen LogP contribution in [0.4, 0.5) is 4.39 Å². The second-order valence-corrected chi connectivity index (χ2v) is 9.15. The van der Waals surface area contributed by atoms with Crippen molar-refractivity contribution < 1.29 is 28.6 Å². The molecule has 2 aromatic rings. The van der Waals surface area contributed by atoms with Crippen molar-refractivity contribution in [1.82, 2.24) is 0 Å². The normalized spacial score (nSPS) is 15.7. The van der Waals surface area contributed by atoms with Crippen molar-refractivity contribution in [3.63, 3.8) is 0 Å². The summed E-state index contributed by atoms with van der Waals surface area (Å²) >= 11 is 13.7. The lowest BCUT2D eigenvalue weighted by Gasteiger charge is -2.11. The van der Waals surface area contributed by atoms with Gasteiger partial charge in [-0.05, 0) is 43.2 Å². The molecule has 35 heavy (non-hydrogen) atoms. The highest BCUT2D eigenvalue weighted by Crippen LogP contribution is 2.41. The summed E-state index contributed by atoms with van der Waals surface area (Å²) in [6, 6.07) is 9.29. The molecule has 0 saturated heterocycles. The SMILES string of the molecule is CCCC(=O)N=C1S/C(=C\c2cc(Cl)c(OCc3ccccc3F)c(Cl)c2)C(O)=C1C(=O)OCC. The number of amides is 1. The maximum atomic E-state index is 13.9. The summed E-state index contributed by atoms with van der Waals surface area (Å²) in [6.45, 7) is 3.49. The summed E-state index contributed by atoms with van der Waals surface area (Å²) in [5, 5.41) is 11.1. The van der Waals surface area contributed by atoms with Gasteiger partial charge in [0.1, 0.15) is 28.8 Å². The molecule has 3 rings (SSSR count). The van der Waals surface area contributed by atoms with E-state index in [1.54, 1.807) is 43.3 Å². The van der Waals surface area contributed by atoms with Gasteiger partial charge >= 0.3 is 5.97 Å². The van der Waals surface area contributed by atoms with Crippen LogP contribution in [0, 0.1) is 5.82 Å². The highest BCUT2D eigenvalue weighted by molar-refractivity contribution is 8.18. The number of rotatable bonds is 8. The molecule has 2 aromatic carbocycles. The number of hydrogen-bond donors (Lipinski definition) is 1. The van der Waals surface area contributed by atoms with Gasteiger partial charge < -0.3 is 14.6 Å². The molecule has 1 heterocycles. The number of aliphatic hydroxyl groups is 1. The van der Waals surface area contributed by atoms with Crippen molar-refractivity contribution in [3.8, 4) is 5.75 Å². The molecule has 0 radical (unpaired) electrons. The largest absolute Gasteiger partial charge is 0.506 e.